The van der Waals surface area contributed by atoms with Crippen LogP contribution in [0.4, 0.5) is 5.69 Å². The van der Waals surface area contributed by atoms with E-state index in [-0.39, 0.29) is 17.9 Å². The minimum Gasteiger partial charge on any atom is -0.464 e. The zero-order valence-electron chi connectivity index (χ0n) is 12.9. The van der Waals surface area contributed by atoms with Crippen molar-refractivity contribution in [2.24, 2.45) is 5.92 Å². The fourth-order valence-electron chi connectivity index (χ4n) is 3.44. The highest BCUT2D eigenvalue weighted by molar-refractivity contribution is 5.82. The normalized spacial score (nSPS) is 26.2. The molecule has 0 amide bonds. The van der Waals surface area contributed by atoms with Crippen LogP contribution in [0.1, 0.15) is 50.2 Å². The molecule has 0 fully saturated rings. The number of benzene rings is 1. The molecule has 0 saturated carbocycles. The van der Waals surface area contributed by atoms with E-state index in [2.05, 4.69) is 49.5 Å². The summed E-state index contributed by atoms with van der Waals surface area (Å²) < 4.78 is 5.24. The number of hydrogen-bond acceptors (Lipinski definition) is 3. The minimum atomic E-state index is -0.234. The molecule has 1 heterocycles. The maximum absolute atomic E-state index is 12.2. The summed E-state index contributed by atoms with van der Waals surface area (Å²) in [5.41, 5.74) is 3.75. The zero-order chi connectivity index (χ0) is 15.0. The number of hydrogen-bond donors (Lipinski definition) is 1. The molecule has 0 spiro atoms. The second kappa shape index (κ2) is 5.55. The van der Waals surface area contributed by atoms with Gasteiger partial charge in [-0.05, 0) is 36.5 Å². The van der Waals surface area contributed by atoms with Gasteiger partial charge in [-0.25, -0.2) is 4.79 Å². The van der Waals surface area contributed by atoms with Crippen LogP contribution in [0.5, 0.6) is 0 Å². The molecule has 21 heavy (non-hydrogen) atoms. The van der Waals surface area contributed by atoms with E-state index in [1.807, 2.05) is 6.92 Å². The number of rotatable bonds is 3. The number of ether oxygens (including phenoxy) is 1. The Hall–Kier alpha value is -1.77. The monoisotopic (exact) mass is 285 g/mol. The highest BCUT2D eigenvalue weighted by atomic mass is 16.5. The van der Waals surface area contributed by atoms with Gasteiger partial charge in [-0.2, -0.15) is 0 Å². The van der Waals surface area contributed by atoms with Crippen molar-refractivity contribution in [3.05, 3.63) is 41.5 Å². The first-order valence-corrected chi connectivity index (χ1v) is 7.85. The van der Waals surface area contributed by atoms with Crippen molar-refractivity contribution in [1.29, 1.82) is 0 Å². The predicted molar refractivity (Wildman–Crippen MR) is 84.6 cm³/mol. The van der Waals surface area contributed by atoms with Gasteiger partial charge >= 0.3 is 5.97 Å². The van der Waals surface area contributed by atoms with Gasteiger partial charge in [-0.15, -0.1) is 0 Å². The standard InChI is InChI=1S/C18H23NO2/c1-4-21-18(20)17-14-7-5-6-13(14)15-10-12(11(2)3)8-9-16(15)19-17/h5-6,8-11,13-14,17,19H,4,7H2,1-3H3. The SMILES string of the molecule is CCOC(=O)C1Nc2ccc(C(C)C)cc2C2C=CCC12. The number of nitrogens with one attached hydrogen (secondary N) is 1. The Labute approximate surface area is 126 Å². The average molecular weight is 285 g/mol. The molecule has 2 aliphatic rings. The number of carbonyl (C=O) groups excluding carboxylic acids is 1. The minimum absolute atomic E-state index is 0.130. The van der Waals surface area contributed by atoms with Gasteiger partial charge < -0.3 is 10.1 Å². The van der Waals surface area contributed by atoms with Crippen LogP contribution < -0.4 is 5.32 Å². The third kappa shape index (κ3) is 2.45. The van der Waals surface area contributed by atoms with Crippen LogP contribution in [-0.4, -0.2) is 18.6 Å². The molecular formula is C18H23NO2. The highest BCUT2D eigenvalue weighted by Crippen LogP contribution is 2.45. The summed E-state index contributed by atoms with van der Waals surface area (Å²) in [7, 11) is 0. The van der Waals surface area contributed by atoms with Gasteiger partial charge in [0.15, 0.2) is 0 Å². The molecule has 1 aliphatic heterocycles. The molecule has 1 aromatic carbocycles. The lowest BCUT2D eigenvalue weighted by Gasteiger charge is -2.36. The fourth-order valence-corrected chi connectivity index (χ4v) is 3.44. The second-order valence-electron chi connectivity index (χ2n) is 6.23. The molecule has 3 nitrogen and oxygen atoms in total. The Morgan fingerprint density at radius 1 is 1.43 bits per heavy atom. The lowest BCUT2D eigenvalue weighted by Crippen LogP contribution is -2.43. The van der Waals surface area contributed by atoms with Crippen LogP contribution in [0.15, 0.2) is 30.4 Å². The van der Waals surface area contributed by atoms with E-state index in [9.17, 15) is 4.79 Å². The summed E-state index contributed by atoms with van der Waals surface area (Å²) in [5, 5.41) is 3.40. The van der Waals surface area contributed by atoms with Crippen molar-refractivity contribution in [3.63, 3.8) is 0 Å². The van der Waals surface area contributed by atoms with E-state index in [1.54, 1.807) is 0 Å². The van der Waals surface area contributed by atoms with Crippen LogP contribution in [-0.2, 0) is 9.53 Å². The van der Waals surface area contributed by atoms with Gasteiger partial charge in [0.1, 0.15) is 6.04 Å². The van der Waals surface area contributed by atoms with Gasteiger partial charge in [-0.3, -0.25) is 0 Å². The number of fused-ring (bicyclic) bond motifs is 3. The van der Waals surface area contributed by atoms with E-state index in [0.717, 1.165) is 12.1 Å². The fraction of sp³-hybridized carbons (Fsp3) is 0.500. The van der Waals surface area contributed by atoms with Crippen LogP contribution in [0.3, 0.4) is 0 Å². The first-order valence-electron chi connectivity index (χ1n) is 7.85. The number of allylic oxidation sites excluding steroid dienone is 2. The molecule has 1 aromatic rings. The Balaban J connectivity index is 1.97. The van der Waals surface area contributed by atoms with Crippen LogP contribution in [0, 0.1) is 5.92 Å². The highest BCUT2D eigenvalue weighted by Gasteiger charge is 2.41. The maximum atomic E-state index is 12.2. The van der Waals surface area contributed by atoms with E-state index >= 15 is 0 Å². The van der Waals surface area contributed by atoms with Crippen LogP contribution in [0.25, 0.3) is 0 Å². The van der Waals surface area contributed by atoms with E-state index in [0.29, 0.717) is 18.4 Å². The zero-order valence-corrected chi connectivity index (χ0v) is 12.9. The molecule has 1 aliphatic carbocycles. The Bertz CT molecular complexity index is 577. The predicted octanol–water partition coefficient (Wildman–Crippen LogP) is 3.83. The topological polar surface area (TPSA) is 38.3 Å². The molecule has 0 bridgehead atoms. The van der Waals surface area contributed by atoms with E-state index in [4.69, 9.17) is 4.74 Å². The molecule has 3 atom stereocenters. The largest absolute Gasteiger partial charge is 0.464 e. The summed E-state index contributed by atoms with van der Waals surface area (Å²) in [5.74, 6) is 0.991. The Morgan fingerprint density at radius 2 is 2.24 bits per heavy atom. The van der Waals surface area contributed by atoms with Crippen LogP contribution >= 0.6 is 0 Å². The van der Waals surface area contributed by atoms with Crippen molar-refractivity contribution in [2.75, 3.05) is 11.9 Å². The van der Waals surface area contributed by atoms with Crippen molar-refractivity contribution in [2.45, 2.75) is 45.1 Å². The lowest BCUT2D eigenvalue weighted by molar-refractivity contribution is -0.145. The molecule has 112 valence electrons. The molecule has 3 unspecified atom stereocenters. The number of anilines is 1. The van der Waals surface area contributed by atoms with E-state index < -0.39 is 0 Å². The number of carbonyl (C=O) groups is 1. The molecule has 0 radical (unpaired) electrons. The van der Waals surface area contributed by atoms with Gasteiger partial charge in [0.05, 0.1) is 6.61 Å². The second-order valence-corrected chi connectivity index (χ2v) is 6.23. The molecule has 3 heteroatoms. The molecule has 0 saturated heterocycles. The van der Waals surface area contributed by atoms with E-state index in [1.165, 1.54) is 11.1 Å². The van der Waals surface area contributed by atoms with Crippen molar-refractivity contribution in [1.82, 2.24) is 0 Å². The molecule has 3 rings (SSSR count). The Morgan fingerprint density at radius 3 is 2.95 bits per heavy atom. The molecule has 0 aromatic heterocycles. The van der Waals surface area contributed by atoms with Crippen molar-refractivity contribution in [3.8, 4) is 0 Å². The summed E-state index contributed by atoms with van der Waals surface area (Å²) in [4.78, 5) is 12.2. The maximum Gasteiger partial charge on any atom is 0.328 e. The third-order valence-corrected chi connectivity index (χ3v) is 4.59. The summed E-state index contributed by atoms with van der Waals surface area (Å²) in [6, 6.07) is 6.32. The first kappa shape index (κ1) is 14.2. The first-order chi connectivity index (χ1) is 10.1. The van der Waals surface area contributed by atoms with Gasteiger partial charge in [0, 0.05) is 17.5 Å². The summed E-state index contributed by atoms with van der Waals surface area (Å²) in [6.07, 6.45) is 5.38. The average Bonchev–Trinajstić information content (AvgIpc) is 2.95. The Kier molecular flexibility index (Phi) is 3.75. The third-order valence-electron chi connectivity index (χ3n) is 4.59. The molecular weight excluding hydrogens is 262 g/mol. The number of esters is 1. The van der Waals surface area contributed by atoms with Crippen LogP contribution in [0.2, 0.25) is 0 Å². The van der Waals surface area contributed by atoms with Crippen molar-refractivity contribution >= 4 is 11.7 Å². The van der Waals surface area contributed by atoms with Gasteiger partial charge in [0.2, 0.25) is 0 Å². The van der Waals surface area contributed by atoms with Crippen molar-refractivity contribution < 1.29 is 9.53 Å². The lowest BCUT2D eigenvalue weighted by atomic mass is 9.78. The summed E-state index contributed by atoms with van der Waals surface area (Å²) >= 11 is 0. The van der Waals surface area contributed by atoms with Gasteiger partial charge in [0.25, 0.3) is 0 Å². The molecule has 1 N–H and O–H groups in total. The van der Waals surface area contributed by atoms with Gasteiger partial charge in [-0.1, -0.05) is 38.1 Å². The quantitative estimate of drug-likeness (QED) is 0.677. The summed E-state index contributed by atoms with van der Waals surface area (Å²) in [6.45, 7) is 6.71. The smallest absolute Gasteiger partial charge is 0.328 e.